The van der Waals surface area contributed by atoms with Gasteiger partial charge in [0.25, 0.3) is 5.89 Å². The Morgan fingerprint density at radius 3 is 2.86 bits per heavy atom. The molecule has 0 saturated carbocycles. The first-order valence-corrected chi connectivity index (χ1v) is 10.7. The van der Waals surface area contributed by atoms with Crippen molar-refractivity contribution >= 4 is 11.3 Å². The van der Waals surface area contributed by atoms with Gasteiger partial charge in [-0.3, -0.25) is 4.90 Å². The molecule has 1 saturated heterocycles. The van der Waals surface area contributed by atoms with Gasteiger partial charge < -0.3 is 9.26 Å². The van der Waals surface area contributed by atoms with Gasteiger partial charge in [-0.2, -0.15) is 4.98 Å². The highest BCUT2D eigenvalue weighted by Crippen LogP contribution is 2.37. The van der Waals surface area contributed by atoms with E-state index in [0.717, 1.165) is 50.2 Å². The van der Waals surface area contributed by atoms with Crippen LogP contribution in [0.1, 0.15) is 35.7 Å². The fraction of sp³-hybridized carbons (Fsp3) is 0.476. The second-order valence-electron chi connectivity index (χ2n) is 7.63. The van der Waals surface area contributed by atoms with Gasteiger partial charge in [-0.05, 0) is 57.0 Å². The number of methoxy groups -OCH3 is 1. The Bertz CT molecular complexity index is 942. The van der Waals surface area contributed by atoms with E-state index in [1.54, 1.807) is 30.6 Å². The maximum Gasteiger partial charge on any atom is 0.257 e. The molecule has 0 N–H and O–H groups in total. The molecule has 1 unspecified atom stereocenters. The van der Waals surface area contributed by atoms with Crippen LogP contribution in [0.5, 0.6) is 0 Å². The highest BCUT2D eigenvalue weighted by molar-refractivity contribution is 7.09. The Morgan fingerprint density at radius 2 is 2.14 bits per heavy atom. The first-order chi connectivity index (χ1) is 14.1. The lowest BCUT2D eigenvalue weighted by molar-refractivity contribution is 0.0923. The molecule has 4 rings (SSSR count). The number of piperidine rings is 1. The minimum Gasteiger partial charge on any atom is -0.385 e. The molecule has 0 bridgehead atoms. The molecule has 29 heavy (non-hydrogen) atoms. The number of rotatable bonds is 7. The fourth-order valence-electron chi connectivity index (χ4n) is 3.99. The van der Waals surface area contributed by atoms with E-state index < -0.39 is 0 Å². The number of halogens is 1. The zero-order valence-electron chi connectivity index (χ0n) is 16.7. The monoisotopic (exact) mass is 416 g/mol. The molecule has 2 aromatic heterocycles. The maximum absolute atomic E-state index is 13.2. The van der Waals surface area contributed by atoms with E-state index in [4.69, 9.17) is 14.2 Å². The lowest BCUT2D eigenvalue weighted by Crippen LogP contribution is -2.47. The smallest absolute Gasteiger partial charge is 0.257 e. The van der Waals surface area contributed by atoms with E-state index in [9.17, 15) is 4.39 Å². The number of hydrogen-bond acceptors (Lipinski definition) is 7. The SMILES string of the molecule is COCCC1(c2noc(-c3ccc(F)cc3)n2)CCCN(Cc2scnc2C)C1. The predicted molar refractivity (Wildman–Crippen MR) is 109 cm³/mol. The first-order valence-electron chi connectivity index (χ1n) is 9.80. The van der Waals surface area contributed by atoms with Crippen molar-refractivity contribution in [1.82, 2.24) is 20.0 Å². The zero-order chi connectivity index (χ0) is 20.3. The van der Waals surface area contributed by atoms with Gasteiger partial charge >= 0.3 is 0 Å². The second kappa shape index (κ2) is 8.69. The first kappa shape index (κ1) is 20.1. The lowest BCUT2D eigenvalue weighted by Gasteiger charge is -2.40. The molecule has 1 atom stereocenters. The zero-order valence-corrected chi connectivity index (χ0v) is 17.5. The molecule has 3 aromatic rings. The van der Waals surface area contributed by atoms with Crippen LogP contribution < -0.4 is 0 Å². The van der Waals surface area contributed by atoms with Crippen LogP contribution >= 0.6 is 11.3 Å². The van der Waals surface area contributed by atoms with Gasteiger partial charge in [-0.15, -0.1) is 11.3 Å². The predicted octanol–water partition coefficient (Wildman–Crippen LogP) is 4.21. The second-order valence-corrected chi connectivity index (χ2v) is 8.57. The summed E-state index contributed by atoms with van der Waals surface area (Å²) >= 11 is 1.70. The molecule has 6 nitrogen and oxygen atoms in total. The summed E-state index contributed by atoms with van der Waals surface area (Å²) in [6.45, 7) is 5.45. The van der Waals surface area contributed by atoms with Gasteiger partial charge in [0.05, 0.1) is 11.2 Å². The van der Waals surface area contributed by atoms with E-state index in [1.165, 1.54) is 17.0 Å². The van der Waals surface area contributed by atoms with Gasteiger partial charge in [-0.1, -0.05) is 5.16 Å². The summed E-state index contributed by atoms with van der Waals surface area (Å²) in [4.78, 5) is 12.8. The summed E-state index contributed by atoms with van der Waals surface area (Å²) in [6.07, 6.45) is 2.86. The fourth-order valence-corrected chi connectivity index (χ4v) is 4.81. The summed E-state index contributed by atoms with van der Waals surface area (Å²) in [7, 11) is 1.72. The molecular weight excluding hydrogens is 391 g/mol. The minimum absolute atomic E-state index is 0.228. The Morgan fingerprint density at radius 1 is 1.31 bits per heavy atom. The molecule has 1 fully saturated rings. The molecule has 0 aliphatic carbocycles. The van der Waals surface area contributed by atoms with Gasteiger partial charge in [0.1, 0.15) is 5.82 Å². The quantitative estimate of drug-likeness (QED) is 0.575. The number of aryl methyl sites for hydroxylation is 1. The van der Waals surface area contributed by atoms with Gasteiger partial charge in [-0.25, -0.2) is 9.37 Å². The van der Waals surface area contributed by atoms with Crippen molar-refractivity contribution in [2.45, 2.75) is 38.1 Å². The van der Waals surface area contributed by atoms with Crippen molar-refractivity contribution in [2.75, 3.05) is 26.8 Å². The van der Waals surface area contributed by atoms with Crippen molar-refractivity contribution in [1.29, 1.82) is 0 Å². The van der Waals surface area contributed by atoms with Crippen LogP contribution in [0.3, 0.4) is 0 Å². The molecule has 0 spiro atoms. The van der Waals surface area contributed by atoms with Crippen molar-refractivity contribution < 1.29 is 13.7 Å². The number of hydrogen-bond donors (Lipinski definition) is 0. The normalized spacial score (nSPS) is 20.2. The summed E-state index contributed by atoms with van der Waals surface area (Å²) in [5, 5.41) is 4.34. The average Bonchev–Trinajstić information content (AvgIpc) is 3.38. The van der Waals surface area contributed by atoms with E-state index in [-0.39, 0.29) is 11.2 Å². The standard InChI is InChI=1S/C21H25FN4O2S/c1-15-18(29-14-23-15)12-26-10-3-8-21(13-26,9-11-27-2)20-24-19(28-25-20)16-4-6-17(22)7-5-16/h4-7,14H,3,8-13H2,1-2H3. The van der Waals surface area contributed by atoms with E-state index in [2.05, 4.69) is 22.0 Å². The summed E-state index contributed by atoms with van der Waals surface area (Å²) in [5.74, 6) is 0.846. The topological polar surface area (TPSA) is 64.3 Å². The van der Waals surface area contributed by atoms with Crippen LogP contribution in [-0.2, 0) is 16.7 Å². The highest BCUT2D eigenvalue weighted by atomic mass is 32.1. The average molecular weight is 417 g/mol. The number of aromatic nitrogens is 3. The Kier molecular flexibility index (Phi) is 6.03. The summed E-state index contributed by atoms with van der Waals surface area (Å²) in [5.41, 5.74) is 3.50. The summed E-state index contributed by atoms with van der Waals surface area (Å²) < 4.78 is 24.2. The Balaban J connectivity index is 1.59. The third kappa shape index (κ3) is 4.39. The van der Waals surface area contributed by atoms with Gasteiger partial charge in [0.15, 0.2) is 5.82 Å². The maximum atomic E-state index is 13.2. The van der Waals surface area contributed by atoms with Gasteiger partial charge in [0.2, 0.25) is 0 Å². The molecular formula is C21H25FN4O2S. The van der Waals surface area contributed by atoms with Crippen molar-refractivity contribution in [2.24, 2.45) is 0 Å². The Labute approximate surface area is 173 Å². The van der Waals surface area contributed by atoms with Crippen LogP contribution in [0, 0.1) is 12.7 Å². The van der Waals surface area contributed by atoms with Crippen LogP contribution in [0.25, 0.3) is 11.5 Å². The van der Waals surface area contributed by atoms with E-state index >= 15 is 0 Å². The molecule has 1 aliphatic rings. The number of benzene rings is 1. The van der Waals surface area contributed by atoms with Crippen molar-refractivity contribution in [3.05, 3.63) is 52.0 Å². The highest BCUT2D eigenvalue weighted by Gasteiger charge is 2.41. The molecule has 1 aliphatic heterocycles. The van der Waals surface area contributed by atoms with Crippen molar-refractivity contribution in [3.63, 3.8) is 0 Å². The van der Waals surface area contributed by atoms with Crippen molar-refractivity contribution in [3.8, 4) is 11.5 Å². The number of likely N-dealkylation sites (tertiary alicyclic amines) is 1. The van der Waals surface area contributed by atoms with Crippen LogP contribution in [-0.4, -0.2) is 46.8 Å². The minimum atomic E-state index is -0.286. The number of nitrogens with zero attached hydrogens (tertiary/aromatic N) is 4. The Hall–Kier alpha value is -2.16. The number of ether oxygens (including phenoxy) is 1. The largest absolute Gasteiger partial charge is 0.385 e. The van der Waals surface area contributed by atoms with Crippen LogP contribution in [0.4, 0.5) is 4.39 Å². The number of thiazole rings is 1. The van der Waals surface area contributed by atoms with Crippen LogP contribution in [0.15, 0.2) is 34.3 Å². The molecule has 0 amide bonds. The third-order valence-corrected chi connectivity index (χ3v) is 6.56. The molecule has 154 valence electrons. The molecule has 3 heterocycles. The molecule has 8 heteroatoms. The molecule has 1 aromatic carbocycles. The van der Waals surface area contributed by atoms with Gasteiger partial charge in [0, 0.05) is 42.7 Å². The summed E-state index contributed by atoms with van der Waals surface area (Å²) in [6, 6.07) is 6.13. The third-order valence-electron chi connectivity index (χ3n) is 5.64. The van der Waals surface area contributed by atoms with E-state index in [1.807, 2.05) is 5.51 Å². The van der Waals surface area contributed by atoms with E-state index in [0.29, 0.717) is 18.3 Å². The lowest BCUT2D eigenvalue weighted by atomic mass is 9.76. The molecule has 0 radical (unpaired) electrons. The van der Waals surface area contributed by atoms with Crippen LogP contribution in [0.2, 0.25) is 0 Å².